The molecule has 0 heterocycles. The lowest BCUT2D eigenvalue weighted by Crippen LogP contribution is -2.39. The van der Waals surface area contributed by atoms with Crippen molar-refractivity contribution in [3.8, 4) is 0 Å². The van der Waals surface area contributed by atoms with Gasteiger partial charge in [-0.15, -0.1) is 0 Å². The zero-order valence-corrected chi connectivity index (χ0v) is 14.7. The molecule has 0 saturated heterocycles. The van der Waals surface area contributed by atoms with Crippen molar-refractivity contribution in [1.82, 2.24) is 0 Å². The second-order valence-corrected chi connectivity index (χ2v) is 6.92. The highest BCUT2D eigenvalue weighted by Gasteiger charge is 2.60. The van der Waals surface area contributed by atoms with Crippen LogP contribution in [0.5, 0.6) is 0 Å². The Morgan fingerprint density at radius 2 is 1.64 bits per heavy atom. The smallest absolute Gasteiger partial charge is 0.323 e. The molecule has 1 saturated carbocycles. The molecule has 0 aromatic heterocycles. The molecule has 132 valence electrons. The highest BCUT2D eigenvalue weighted by molar-refractivity contribution is 6.02. The molecule has 1 aromatic rings. The summed E-state index contributed by atoms with van der Waals surface area (Å²) in [4.78, 5) is 37.7. The van der Waals surface area contributed by atoms with Crippen LogP contribution in [0.15, 0.2) is 42.0 Å². The van der Waals surface area contributed by atoms with E-state index in [-0.39, 0.29) is 30.0 Å². The van der Waals surface area contributed by atoms with Crippen molar-refractivity contribution in [3.05, 3.63) is 47.5 Å². The van der Waals surface area contributed by atoms with Crippen LogP contribution in [0.1, 0.15) is 31.2 Å². The molecular formula is C20H22O5. The lowest BCUT2D eigenvalue weighted by Gasteiger charge is -2.32. The molecule has 0 aliphatic heterocycles. The number of carbonyl (C=O) groups excluding carboxylic acids is 3. The third-order valence-corrected chi connectivity index (χ3v) is 5.67. The fraction of sp³-hybridized carbons (Fsp3) is 0.450. The van der Waals surface area contributed by atoms with Gasteiger partial charge in [0.25, 0.3) is 0 Å². The molecule has 3 atom stereocenters. The molecule has 0 amide bonds. The van der Waals surface area contributed by atoms with Gasteiger partial charge in [-0.25, -0.2) is 0 Å². The summed E-state index contributed by atoms with van der Waals surface area (Å²) >= 11 is 0. The van der Waals surface area contributed by atoms with Crippen molar-refractivity contribution in [2.75, 3.05) is 14.2 Å². The van der Waals surface area contributed by atoms with E-state index in [9.17, 15) is 14.4 Å². The van der Waals surface area contributed by atoms with Crippen LogP contribution in [-0.4, -0.2) is 31.9 Å². The Morgan fingerprint density at radius 3 is 2.20 bits per heavy atom. The van der Waals surface area contributed by atoms with E-state index in [1.54, 1.807) is 6.08 Å². The van der Waals surface area contributed by atoms with Crippen molar-refractivity contribution < 1.29 is 23.9 Å². The second-order valence-electron chi connectivity index (χ2n) is 6.92. The third-order valence-electron chi connectivity index (χ3n) is 5.67. The SMILES string of the molecule is COC(=O)C1(C(=O)OC)C[C@@H]2[C@@H](c3ccccc3)C(=O)C=C(C)[C@@H]2C1. The summed E-state index contributed by atoms with van der Waals surface area (Å²) in [5.41, 5.74) is 0.486. The summed E-state index contributed by atoms with van der Waals surface area (Å²) in [5, 5.41) is 0. The molecule has 2 aliphatic carbocycles. The second kappa shape index (κ2) is 6.47. The Kier molecular flexibility index (Phi) is 4.50. The summed E-state index contributed by atoms with van der Waals surface area (Å²) in [6.45, 7) is 1.89. The zero-order valence-electron chi connectivity index (χ0n) is 14.7. The van der Waals surface area contributed by atoms with Crippen LogP contribution in [0.2, 0.25) is 0 Å². The first-order valence-corrected chi connectivity index (χ1v) is 8.38. The summed E-state index contributed by atoms with van der Waals surface area (Å²) in [7, 11) is 2.55. The largest absolute Gasteiger partial charge is 0.468 e. The van der Waals surface area contributed by atoms with E-state index in [1.807, 2.05) is 37.3 Å². The third kappa shape index (κ3) is 2.68. The fourth-order valence-corrected chi connectivity index (χ4v) is 4.52. The maximum atomic E-state index is 12.7. The van der Waals surface area contributed by atoms with Crippen LogP contribution in [0.3, 0.4) is 0 Å². The number of esters is 2. The molecule has 0 bridgehead atoms. The van der Waals surface area contributed by atoms with Gasteiger partial charge in [0, 0.05) is 0 Å². The number of ketones is 1. The van der Waals surface area contributed by atoms with Gasteiger partial charge in [-0.2, -0.15) is 0 Å². The van der Waals surface area contributed by atoms with E-state index in [1.165, 1.54) is 14.2 Å². The average Bonchev–Trinajstić information content (AvgIpc) is 3.03. The van der Waals surface area contributed by atoms with Gasteiger partial charge in [0.2, 0.25) is 0 Å². The lowest BCUT2D eigenvalue weighted by atomic mass is 9.70. The molecular weight excluding hydrogens is 320 g/mol. The van der Waals surface area contributed by atoms with Gasteiger partial charge in [0.1, 0.15) is 0 Å². The summed E-state index contributed by atoms with van der Waals surface area (Å²) in [6.07, 6.45) is 2.23. The van der Waals surface area contributed by atoms with E-state index in [2.05, 4.69) is 0 Å². The van der Waals surface area contributed by atoms with Crippen LogP contribution in [0.25, 0.3) is 0 Å². The van der Waals surface area contributed by atoms with E-state index < -0.39 is 17.4 Å². The molecule has 0 spiro atoms. The van der Waals surface area contributed by atoms with Gasteiger partial charge in [-0.3, -0.25) is 14.4 Å². The maximum Gasteiger partial charge on any atom is 0.323 e. The lowest BCUT2D eigenvalue weighted by molar-refractivity contribution is -0.169. The van der Waals surface area contributed by atoms with Crippen molar-refractivity contribution in [1.29, 1.82) is 0 Å². The normalized spacial score (nSPS) is 27.2. The molecule has 5 nitrogen and oxygen atoms in total. The van der Waals surface area contributed by atoms with Crippen LogP contribution in [0.4, 0.5) is 0 Å². The number of carbonyl (C=O) groups is 3. The number of benzene rings is 1. The van der Waals surface area contributed by atoms with E-state index in [0.717, 1.165) is 11.1 Å². The average molecular weight is 342 g/mol. The van der Waals surface area contributed by atoms with Crippen molar-refractivity contribution in [3.63, 3.8) is 0 Å². The number of hydrogen-bond acceptors (Lipinski definition) is 5. The Hall–Kier alpha value is -2.43. The first kappa shape index (κ1) is 17.4. The van der Waals surface area contributed by atoms with Gasteiger partial charge < -0.3 is 9.47 Å². The molecule has 2 aliphatic rings. The Morgan fingerprint density at radius 1 is 1.04 bits per heavy atom. The number of rotatable bonds is 3. The molecule has 0 N–H and O–H groups in total. The quantitative estimate of drug-likeness (QED) is 0.624. The minimum absolute atomic E-state index is 0.0236. The minimum atomic E-state index is -1.34. The molecule has 0 unspecified atom stereocenters. The standard InChI is InChI=1S/C20H22O5/c1-12-9-16(21)17(13-7-5-4-6-8-13)15-11-20(10-14(12)15,18(22)24-2)19(23)25-3/h4-9,14-15,17H,10-11H2,1-3H3/t14-,15-,17+/m0/s1. The van der Waals surface area contributed by atoms with Gasteiger partial charge >= 0.3 is 11.9 Å². The topological polar surface area (TPSA) is 69.7 Å². The number of hydrogen-bond donors (Lipinski definition) is 0. The first-order valence-electron chi connectivity index (χ1n) is 8.38. The van der Waals surface area contributed by atoms with E-state index in [4.69, 9.17) is 9.47 Å². The van der Waals surface area contributed by atoms with Crippen LogP contribution in [-0.2, 0) is 23.9 Å². The summed E-state index contributed by atoms with van der Waals surface area (Å²) in [6, 6.07) is 9.53. The predicted octanol–water partition coefficient (Wildman–Crippen LogP) is 2.66. The fourth-order valence-electron chi connectivity index (χ4n) is 4.52. The van der Waals surface area contributed by atoms with E-state index in [0.29, 0.717) is 6.42 Å². The molecule has 1 aromatic carbocycles. The summed E-state index contributed by atoms with van der Waals surface area (Å²) < 4.78 is 9.85. The van der Waals surface area contributed by atoms with Crippen LogP contribution >= 0.6 is 0 Å². The van der Waals surface area contributed by atoms with Crippen molar-refractivity contribution >= 4 is 17.7 Å². The molecule has 0 radical (unpaired) electrons. The van der Waals surface area contributed by atoms with Crippen molar-refractivity contribution in [2.24, 2.45) is 17.3 Å². The van der Waals surface area contributed by atoms with Crippen molar-refractivity contribution in [2.45, 2.75) is 25.7 Å². The molecule has 1 fully saturated rings. The van der Waals surface area contributed by atoms with E-state index >= 15 is 0 Å². The molecule has 25 heavy (non-hydrogen) atoms. The Bertz CT molecular complexity index is 718. The number of fused-ring (bicyclic) bond motifs is 1. The zero-order chi connectivity index (χ0) is 18.2. The van der Waals surface area contributed by atoms with Gasteiger partial charge in [0.05, 0.1) is 20.1 Å². The number of allylic oxidation sites excluding steroid dienone is 2. The highest BCUT2D eigenvalue weighted by atomic mass is 16.5. The Balaban J connectivity index is 2.06. The number of methoxy groups -OCH3 is 2. The van der Waals surface area contributed by atoms with Gasteiger partial charge in [-0.1, -0.05) is 35.9 Å². The minimum Gasteiger partial charge on any atom is -0.468 e. The highest BCUT2D eigenvalue weighted by Crippen LogP contribution is 2.56. The first-order chi connectivity index (χ1) is 11.9. The maximum absolute atomic E-state index is 12.7. The number of ether oxygens (including phenoxy) is 2. The van der Waals surface area contributed by atoms with Crippen LogP contribution in [0, 0.1) is 17.3 Å². The van der Waals surface area contributed by atoms with Gasteiger partial charge in [0.15, 0.2) is 11.2 Å². The summed E-state index contributed by atoms with van der Waals surface area (Å²) in [5.74, 6) is -1.65. The molecule has 5 heteroatoms. The predicted molar refractivity (Wildman–Crippen MR) is 90.6 cm³/mol. The monoisotopic (exact) mass is 342 g/mol. The molecule has 3 rings (SSSR count). The Labute approximate surface area is 147 Å². The van der Waals surface area contributed by atoms with Crippen LogP contribution < -0.4 is 0 Å². The van der Waals surface area contributed by atoms with Gasteiger partial charge in [-0.05, 0) is 43.2 Å².